The van der Waals surface area contributed by atoms with Crippen molar-refractivity contribution in [1.82, 2.24) is 5.32 Å². The number of benzene rings is 2. The minimum Gasteiger partial charge on any atom is -0.352 e. The highest BCUT2D eigenvalue weighted by atomic mass is 19.1. The molecule has 2 rings (SSSR count). The number of carbonyl (C=O) groups excluding carboxylic acids is 1. The fourth-order valence-electron chi connectivity index (χ4n) is 2.10. The molecule has 0 bridgehead atoms. The topological polar surface area (TPSA) is 29.1 Å². The first-order valence-electron chi connectivity index (χ1n) is 6.67. The van der Waals surface area contributed by atoms with Gasteiger partial charge in [-0.1, -0.05) is 30.3 Å². The average molecular weight is 271 g/mol. The number of amides is 1. The molecule has 0 atom stereocenters. The van der Waals surface area contributed by atoms with Gasteiger partial charge in [0.15, 0.2) is 0 Å². The largest absolute Gasteiger partial charge is 0.352 e. The lowest BCUT2D eigenvalue weighted by molar-refractivity contribution is 0.0950. The summed E-state index contributed by atoms with van der Waals surface area (Å²) in [6, 6.07) is 12.7. The van der Waals surface area contributed by atoms with Crippen molar-refractivity contribution in [2.24, 2.45) is 0 Å². The van der Waals surface area contributed by atoms with Crippen LogP contribution < -0.4 is 5.32 Å². The van der Waals surface area contributed by atoms with Crippen LogP contribution in [0.4, 0.5) is 4.39 Å². The third-order valence-electron chi connectivity index (χ3n) is 3.31. The highest BCUT2D eigenvalue weighted by Crippen LogP contribution is 2.10. The fraction of sp³-hybridized carbons (Fsp3) is 0.235. The van der Waals surface area contributed by atoms with Crippen molar-refractivity contribution in [3.8, 4) is 0 Å². The maximum atomic E-state index is 13.7. The summed E-state index contributed by atoms with van der Waals surface area (Å²) < 4.78 is 13.7. The molecule has 0 unspecified atom stereocenters. The van der Waals surface area contributed by atoms with Crippen molar-refractivity contribution in [2.45, 2.75) is 20.3 Å². The third kappa shape index (κ3) is 3.44. The van der Waals surface area contributed by atoms with Crippen LogP contribution in [0.3, 0.4) is 0 Å². The van der Waals surface area contributed by atoms with Gasteiger partial charge < -0.3 is 5.32 Å². The predicted octanol–water partition coefficient (Wildman–Crippen LogP) is 3.42. The lowest BCUT2D eigenvalue weighted by Gasteiger charge is -2.08. The van der Waals surface area contributed by atoms with Crippen molar-refractivity contribution in [2.75, 3.05) is 6.54 Å². The Bertz CT molecular complexity index is 622. The molecule has 0 radical (unpaired) electrons. The molecule has 0 aromatic heterocycles. The molecule has 104 valence electrons. The van der Waals surface area contributed by atoms with Crippen LogP contribution >= 0.6 is 0 Å². The first-order chi connectivity index (χ1) is 9.58. The van der Waals surface area contributed by atoms with E-state index in [2.05, 4.69) is 5.32 Å². The Morgan fingerprint density at radius 3 is 2.60 bits per heavy atom. The molecule has 0 fully saturated rings. The molecule has 0 aliphatic carbocycles. The molecule has 2 aromatic carbocycles. The number of hydrogen-bond donors (Lipinski definition) is 1. The Morgan fingerprint density at radius 2 is 1.90 bits per heavy atom. The van der Waals surface area contributed by atoms with Crippen molar-refractivity contribution in [3.63, 3.8) is 0 Å². The summed E-state index contributed by atoms with van der Waals surface area (Å²) >= 11 is 0. The maximum Gasteiger partial charge on any atom is 0.254 e. The third-order valence-corrected chi connectivity index (χ3v) is 3.31. The summed E-state index contributed by atoms with van der Waals surface area (Å²) in [4.78, 5) is 11.9. The highest BCUT2D eigenvalue weighted by Gasteiger charge is 2.10. The molecule has 2 nitrogen and oxygen atoms in total. The van der Waals surface area contributed by atoms with Crippen LogP contribution in [-0.4, -0.2) is 12.5 Å². The molecule has 0 spiro atoms. The second-order valence-electron chi connectivity index (χ2n) is 4.92. The Morgan fingerprint density at radius 1 is 1.15 bits per heavy atom. The van der Waals surface area contributed by atoms with E-state index in [0.29, 0.717) is 6.54 Å². The van der Waals surface area contributed by atoms with E-state index in [1.54, 1.807) is 13.0 Å². The fourth-order valence-corrected chi connectivity index (χ4v) is 2.10. The van der Waals surface area contributed by atoms with Gasteiger partial charge in [-0.05, 0) is 49.1 Å². The van der Waals surface area contributed by atoms with Crippen LogP contribution in [-0.2, 0) is 6.42 Å². The summed E-state index contributed by atoms with van der Waals surface area (Å²) in [5.41, 5.74) is 3.29. The SMILES string of the molecule is Cc1ccc(C(=O)NCCc2ccccc2C)c(F)c1. The molecule has 0 saturated carbocycles. The van der Waals surface area contributed by atoms with Gasteiger partial charge in [-0.15, -0.1) is 0 Å². The molecule has 0 aliphatic rings. The molecule has 3 heteroatoms. The lowest BCUT2D eigenvalue weighted by atomic mass is 10.1. The van der Waals surface area contributed by atoms with Gasteiger partial charge in [-0.3, -0.25) is 4.79 Å². The van der Waals surface area contributed by atoms with Gasteiger partial charge in [0.25, 0.3) is 5.91 Å². The molecule has 1 N–H and O–H groups in total. The minimum absolute atomic E-state index is 0.0976. The van der Waals surface area contributed by atoms with E-state index in [1.165, 1.54) is 23.3 Å². The van der Waals surface area contributed by atoms with E-state index in [4.69, 9.17) is 0 Å². The second-order valence-corrected chi connectivity index (χ2v) is 4.92. The molecule has 1 amide bonds. The van der Waals surface area contributed by atoms with Crippen molar-refractivity contribution in [3.05, 3.63) is 70.5 Å². The molecule has 20 heavy (non-hydrogen) atoms. The van der Waals surface area contributed by atoms with Gasteiger partial charge in [-0.25, -0.2) is 4.39 Å². The number of nitrogens with one attached hydrogen (secondary N) is 1. The summed E-state index contributed by atoms with van der Waals surface area (Å²) in [5.74, 6) is -0.838. The van der Waals surface area contributed by atoms with Gasteiger partial charge in [-0.2, -0.15) is 0 Å². The zero-order chi connectivity index (χ0) is 14.5. The first kappa shape index (κ1) is 14.3. The summed E-state index contributed by atoms with van der Waals surface area (Å²) in [6.45, 7) is 4.33. The number of carbonyl (C=O) groups is 1. The van der Waals surface area contributed by atoms with Crippen LogP contribution in [0.15, 0.2) is 42.5 Å². The quantitative estimate of drug-likeness (QED) is 0.907. The van der Waals surface area contributed by atoms with Gasteiger partial charge in [0.2, 0.25) is 0 Å². The van der Waals surface area contributed by atoms with E-state index in [-0.39, 0.29) is 11.5 Å². The Balaban J connectivity index is 1.94. The molecule has 0 aliphatic heterocycles. The molecule has 2 aromatic rings. The Labute approximate surface area is 118 Å². The van der Waals surface area contributed by atoms with E-state index in [1.807, 2.05) is 31.2 Å². The van der Waals surface area contributed by atoms with Crippen LogP contribution in [0, 0.1) is 19.7 Å². The predicted molar refractivity (Wildman–Crippen MR) is 78.4 cm³/mol. The summed E-state index contributed by atoms with van der Waals surface area (Å²) in [6.07, 6.45) is 0.742. The summed E-state index contributed by atoms with van der Waals surface area (Å²) in [5, 5.41) is 2.76. The lowest BCUT2D eigenvalue weighted by Crippen LogP contribution is -2.26. The number of aryl methyl sites for hydroxylation is 2. The van der Waals surface area contributed by atoms with Crippen molar-refractivity contribution >= 4 is 5.91 Å². The second kappa shape index (κ2) is 6.33. The van der Waals surface area contributed by atoms with Crippen LogP contribution in [0.1, 0.15) is 27.0 Å². The minimum atomic E-state index is -0.474. The first-order valence-corrected chi connectivity index (χ1v) is 6.67. The van der Waals surface area contributed by atoms with E-state index < -0.39 is 5.82 Å². The Hall–Kier alpha value is -2.16. The maximum absolute atomic E-state index is 13.7. The monoisotopic (exact) mass is 271 g/mol. The number of halogens is 1. The van der Waals surface area contributed by atoms with Gasteiger partial charge in [0, 0.05) is 6.54 Å². The smallest absolute Gasteiger partial charge is 0.254 e. The van der Waals surface area contributed by atoms with Gasteiger partial charge >= 0.3 is 0 Å². The zero-order valence-electron chi connectivity index (χ0n) is 11.7. The van der Waals surface area contributed by atoms with E-state index in [9.17, 15) is 9.18 Å². The molecular weight excluding hydrogens is 253 g/mol. The molecule has 0 heterocycles. The van der Waals surface area contributed by atoms with Crippen LogP contribution in [0.2, 0.25) is 0 Å². The Kier molecular flexibility index (Phi) is 4.51. The standard InChI is InChI=1S/C17H18FNO/c1-12-7-8-15(16(18)11-12)17(20)19-10-9-14-6-4-3-5-13(14)2/h3-8,11H,9-10H2,1-2H3,(H,19,20). The van der Waals surface area contributed by atoms with Gasteiger partial charge in [0.05, 0.1) is 5.56 Å². The van der Waals surface area contributed by atoms with Crippen LogP contribution in [0.25, 0.3) is 0 Å². The van der Waals surface area contributed by atoms with Crippen molar-refractivity contribution in [1.29, 1.82) is 0 Å². The average Bonchev–Trinajstić information content (AvgIpc) is 2.40. The number of rotatable bonds is 4. The highest BCUT2D eigenvalue weighted by molar-refractivity contribution is 5.94. The normalized spacial score (nSPS) is 10.3. The molecule has 0 saturated heterocycles. The van der Waals surface area contributed by atoms with Crippen LogP contribution in [0.5, 0.6) is 0 Å². The van der Waals surface area contributed by atoms with E-state index >= 15 is 0 Å². The number of hydrogen-bond acceptors (Lipinski definition) is 1. The van der Waals surface area contributed by atoms with E-state index in [0.717, 1.165) is 12.0 Å². The molecular formula is C17H18FNO. The van der Waals surface area contributed by atoms with Crippen molar-refractivity contribution < 1.29 is 9.18 Å². The zero-order valence-corrected chi connectivity index (χ0v) is 11.7. The summed E-state index contributed by atoms with van der Waals surface area (Å²) in [7, 11) is 0. The van der Waals surface area contributed by atoms with Gasteiger partial charge in [0.1, 0.15) is 5.82 Å².